The standard InChI is InChI=1S/C13H10FNO2S/c14-8-1-3-9(4-2-8)15-13(18)11-6-5-10(16)7-12(11)17/h1-7,16-17H,(H,15,18). The van der Waals surface area contributed by atoms with Gasteiger partial charge in [-0.2, -0.15) is 0 Å². The molecule has 2 aromatic rings. The summed E-state index contributed by atoms with van der Waals surface area (Å²) in [4.78, 5) is 0.291. The van der Waals surface area contributed by atoms with Crippen molar-refractivity contribution in [2.24, 2.45) is 0 Å². The van der Waals surface area contributed by atoms with E-state index in [1.165, 1.54) is 30.3 Å². The molecule has 0 saturated heterocycles. The number of aromatic hydroxyl groups is 2. The quantitative estimate of drug-likeness (QED) is 0.729. The minimum atomic E-state index is -0.334. The van der Waals surface area contributed by atoms with Crippen molar-refractivity contribution < 1.29 is 14.6 Å². The third-order valence-electron chi connectivity index (χ3n) is 2.33. The van der Waals surface area contributed by atoms with E-state index in [9.17, 15) is 14.6 Å². The first-order valence-corrected chi connectivity index (χ1v) is 5.56. The molecule has 3 nitrogen and oxygen atoms in total. The molecule has 0 spiro atoms. The van der Waals surface area contributed by atoms with Crippen LogP contribution in [0.25, 0.3) is 0 Å². The predicted molar refractivity (Wildman–Crippen MR) is 71.5 cm³/mol. The zero-order valence-electron chi connectivity index (χ0n) is 9.22. The van der Waals surface area contributed by atoms with Gasteiger partial charge in [-0.15, -0.1) is 0 Å². The fourth-order valence-corrected chi connectivity index (χ4v) is 1.73. The Hall–Kier alpha value is -2.14. The lowest BCUT2D eigenvalue weighted by Crippen LogP contribution is -2.10. The van der Waals surface area contributed by atoms with Crippen LogP contribution in [0.2, 0.25) is 0 Å². The molecular weight excluding hydrogens is 253 g/mol. The van der Waals surface area contributed by atoms with Crippen LogP contribution in [0, 0.1) is 5.82 Å². The molecule has 0 amide bonds. The summed E-state index contributed by atoms with van der Waals surface area (Å²) in [6.07, 6.45) is 0. The maximum Gasteiger partial charge on any atom is 0.129 e. The second-order valence-electron chi connectivity index (χ2n) is 3.66. The molecule has 0 aliphatic rings. The molecule has 0 saturated carbocycles. The van der Waals surface area contributed by atoms with Gasteiger partial charge in [0.15, 0.2) is 0 Å². The largest absolute Gasteiger partial charge is 0.508 e. The lowest BCUT2D eigenvalue weighted by atomic mass is 10.2. The smallest absolute Gasteiger partial charge is 0.129 e. The van der Waals surface area contributed by atoms with Gasteiger partial charge >= 0.3 is 0 Å². The lowest BCUT2D eigenvalue weighted by molar-refractivity contribution is 0.450. The van der Waals surface area contributed by atoms with Gasteiger partial charge in [-0.25, -0.2) is 4.39 Å². The first kappa shape index (κ1) is 12.3. The summed E-state index contributed by atoms with van der Waals surface area (Å²) < 4.78 is 12.7. The number of nitrogens with one attached hydrogen (secondary N) is 1. The van der Waals surface area contributed by atoms with Crippen LogP contribution in [-0.4, -0.2) is 15.2 Å². The Balaban J connectivity index is 2.19. The van der Waals surface area contributed by atoms with Crippen molar-refractivity contribution in [1.82, 2.24) is 0 Å². The van der Waals surface area contributed by atoms with Crippen molar-refractivity contribution in [2.75, 3.05) is 5.32 Å². The van der Waals surface area contributed by atoms with Crippen LogP contribution >= 0.6 is 12.2 Å². The van der Waals surface area contributed by atoms with Gasteiger partial charge in [0, 0.05) is 11.8 Å². The van der Waals surface area contributed by atoms with E-state index in [1.54, 1.807) is 12.1 Å². The second kappa shape index (κ2) is 5.01. The second-order valence-corrected chi connectivity index (χ2v) is 4.07. The van der Waals surface area contributed by atoms with Gasteiger partial charge in [0.1, 0.15) is 22.3 Å². The number of rotatable bonds is 2. The van der Waals surface area contributed by atoms with Crippen LogP contribution in [0.3, 0.4) is 0 Å². The van der Waals surface area contributed by atoms with E-state index in [2.05, 4.69) is 5.32 Å². The number of phenolic OH excluding ortho intramolecular Hbond substituents is 2. The molecule has 2 aromatic carbocycles. The maximum absolute atomic E-state index is 12.7. The van der Waals surface area contributed by atoms with Crippen LogP contribution in [0.15, 0.2) is 42.5 Å². The summed E-state index contributed by atoms with van der Waals surface area (Å²) in [5, 5.41) is 21.7. The van der Waals surface area contributed by atoms with E-state index in [0.717, 1.165) is 0 Å². The molecule has 2 rings (SSSR count). The summed E-state index contributed by atoms with van der Waals surface area (Å²) in [6, 6.07) is 9.83. The number of anilines is 1. The normalized spacial score (nSPS) is 10.1. The van der Waals surface area contributed by atoms with Gasteiger partial charge < -0.3 is 15.5 Å². The molecule has 0 heterocycles. The maximum atomic E-state index is 12.7. The summed E-state index contributed by atoms with van der Waals surface area (Å²) in [5.74, 6) is -0.491. The number of halogens is 1. The van der Waals surface area contributed by atoms with Crippen LogP contribution in [-0.2, 0) is 0 Å². The molecule has 18 heavy (non-hydrogen) atoms. The number of hydrogen-bond donors (Lipinski definition) is 3. The van der Waals surface area contributed by atoms with Gasteiger partial charge in [0.2, 0.25) is 0 Å². The van der Waals surface area contributed by atoms with Crippen molar-refractivity contribution in [1.29, 1.82) is 0 Å². The molecule has 0 atom stereocenters. The zero-order valence-corrected chi connectivity index (χ0v) is 10.0. The highest BCUT2D eigenvalue weighted by atomic mass is 32.1. The summed E-state index contributed by atoms with van der Waals surface area (Å²) in [7, 11) is 0. The van der Waals surface area contributed by atoms with Crippen LogP contribution in [0.1, 0.15) is 5.56 Å². The molecule has 5 heteroatoms. The molecule has 0 fully saturated rings. The summed E-state index contributed by atoms with van der Waals surface area (Å²) in [6.45, 7) is 0. The monoisotopic (exact) mass is 263 g/mol. The highest BCUT2D eigenvalue weighted by Crippen LogP contribution is 2.24. The van der Waals surface area contributed by atoms with E-state index in [1.807, 2.05) is 0 Å². The van der Waals surface area contributed by atoms with Crippen molar-refractivity contribution in [3.05, 3.63) is 53.8 Å². The molecule has 0 bridgehead atoms. The van der Waals surface area contributed by atoms with E-state index >= 15 is 0 Å². The average Bonchev–Trinajstić information content (AvgIpc) is 2.32. The van der Waals surface area contributed by atoms with Crippen molar-refractivity contribution in [3.63, 3.8) is 0 Å². The molecule has 0 aliphatic carbocycles. The van der Waals surface area contributed by atoms with Gasteiger partial charge in [0.05, 0.1) is 5.56 Å². The Labute approximate surface area is 109 Å². The van der Waals surface area contributed by atoms with E-state index in [4.69, 9.17) is 12.2 Å². The Bertz CT molecular complexity index is 584. The molecule has 0 unspecified atom stereocenters. The van der Waals surface area contributed by atoms with Crippen LogP contribution < -0.4 is 5.32 Å². The van der Waals surface area contributed by atoms with Gasteiger partial charge in [0.25, 0.3) is 0 Å². The van der Waals surface area contributed by atoms with E-state index in [-0.39, 0.29) is 17.3 Å². The van der Waals surface area contributed by atoms with Crippen LogP contribution in [0.4, 0.5) is 10.1 Å². The molecule has 3 N–H and O–H groups in total. The van der Waals surface area contributed by atoms with Gasteiger partial charge in [-0.3, -0.25) is 0 Å². The average molecular weight is 263 g/mol. The van der Waals surface area contributed by atoms with E-state index in [0.29, 0.717) is 16.2 Å². The Kier molecular flexibility index (Phi) is 3.43. The third kappa shape index (κ3) is 2.75. The SMILES string of the molecule is Oc1ccc(C(=S)Nc2ccc(F)cc2)c(O)c1. The molecule has 0 radical (unpaired) electrons. The van der Waals surface area contributed by atoms with Gasteiger partial charge in [-0.1, -0.05) is 12.2 Å². The number of benzene rings is 2. The fraction of sp³-hybridized carbons (Fsp3) is 0. The number of thiocarbonyl (C=S) groups is 1. The van der Waals surface area contributed by atoms with Crippen LogP contribution in [0.5, 0.6) is 11.5 Å². The highest BCUT2D eigenvalue weighted by Gasteiger charge is 2.08. The zero-order chi connectivity index (χ0) is 13.1. The first-order chi connectivity index (χ1) is 8.56. The van der Waals surface area contributed by atoms with Gasteiger partial charge in [-0.05, 0) is 36.4 Å². The summed E-state index contributed by atoms with van der Waals surface area (Å²) in [5.41, 5.74) is 1.01. The lowest BCUT2D eigenvalue weighted by Gasteiger charge is -2.09. The van der Waals surface area contributed by atoms with Crippen molar-refractivity contribution in [2.45, 2.75) is 0 Å². The Morgan fingerprint density at radius 3 is 2.33 bits per heavy atom. The molecular formula is C13H10FNO2S. The molecule has 0 aliphatic heterocycles. The third-order valence-corrected chi connectivity index (χ3v) is 2.65. The topological polar surface area (TPSA) is 52.5 Å². The minimum absolute atomic E-state index is 0.0409. The molecule has 0 aromatic heterocycles. The predicted octanol–water partition coefficient (Wildman–Crippen LogP) is 3.02. The number of hydrogen-bond acceptors (Lipinski definition) is 3. The highest BCUT2D eigenvalue weighted by molar-refractivity contribution is 7.81. The minimum Gasteiger partial charge on any atom is -0.508 e. The van der Waals surface area contributed by atoms with Crippen molar-refractivity contribution in [3.8, 4) is 11.5 Å². The Morgan fingerprint density at radius 2 is 1.72 bits per heavy atom. The first-order valence-electron chi connectivity index (χ1n) is 5.15. The fourth-order valence-electron chi connectivity index (χ4n) is 1.44. The molecule has 92 valence electrons. The number of phenols is 2. The van der Waals surface area contributed by atoms with Crippen molar-refractivity contribution >= 4 is 22.9 Å². The Morgan fingerprint density at radius 1 is 1.06 bits per heavy atom. The summed E-state index contributed by atoms with van der Waals surface area (Å²) >= 11 is 5.12. The van der Waals surface area contributed by atoms with E-state index < -0.39 is 0 Å².